The number of fused-ring (bicyclic) bond motifs is 1. The van der Waals surface area contributed by atoms with Gasteiger partial charge in [0.15, 0.2) is 5.65 Å². The monoisotopic (exact) mass is 490 g/mol. The van der Waals surface area contributed by atoms with Gasteiger partial charge in [0.25, 0.3) is 5.91 Å². The molecule has 6 nitrogen and oxygen atoms in total. The number of hydrogen-bond donors (Lipinski definition) is 1. The summed E-state index contributed by atoms with van der Waals surface area (Å²) in [5, 5.41) is 8.07. The summed E-state index contributed by atoms with van der Waals surface area (Å²) in [7, 11) is 1.64. The molecule has 0 unspecified atom stereocenters. The van der Waals surface area contributed by atoms with Gasteiger partial charge in [-0.05, 0) is 29.3 Å². The molecular formula is C31H30N4O2. The summed E-state index contributed by atoms with van der Waals surface area (Å²) in [6, 6.07) is 31.1. The van der Waals surface area contributed by atoms with Crippen molar-refractivity contribution in [1.82, 2.24) is 19.9 Å². The molecule has 2 heterocycles. The molecule has 0 fully saturated rings. The van der Waals surface area contributed by atoms with Gasteiger partial charge in [-0.25, -0.2) is 9.50 Å². The molecule has 0 saturated carbocycles. The second kappa shape index (κ2) is 9.90. The zero-order valence-electron chi connectivity index (χ0n) is 21.5. The highest BCUT2D eigenvalue weighted by atomic mass is 16.5. The Hall–Kier alpha value is -4.45. The number of hydrogen-bond acceptors (Lipinski definition) is 4. The fourth-order valence-electron chi connectivity index (χ4n) is 4.30. The first-order chi connectivity index (χ1) is 17.8. The third kappa shape index (κ3) is 5.09. The first-order valence-electron chi connectivity index (χ1n) is 12.3. The van der Waals surface area contributed by atoms with E-state index in [2.05, 4.69) is 26.1 Å². The van der Waals surface area contributed by atoms with Crippen LogP contribution in [-0.2, 0) is 5.41 Å². The van der Waals surface area contributed by atoms with Crippen LogP contribution in [0.3, 0.4) is 0 Å². The van der Waals surface area contributed by atoms with E-state index in [-0.39, 0.29) is 17.4 Å². The van der Waals surface area contributed by atoms with Crippen molar-refractivity contribution in [2.45, 2.75) is 32.2 Å². The van der Waals surface area contributed by atoms with E-state index in [0.717, 1.165) is 33.8 Å². The maximum atomic E-state index is 13.7. The normalized spacial score (nSPS) is 11.6. The minimum Gasteiger partial charge on any atom is -0.497 e. The average Bonchev–Trinajstić information content (AvgIpc) is 3.37. The number of aromatic nitrogens is 3. The van der Waals surface area contributed by atoms with Crippen LogP contribution in [0, 0.1) is 0 Å². The van der Waals surface area contributed by atoms with Crippen LogP contribution in [0.4, 0.5) is 0 Å². The zero-order valence-corrected chi connectivity index (χ0v) is 21.5. The van der Waals surface area contributed by atoms with Crippen LogP contribution in [0.25, 0.3) is 16.9 Å². The molecule has 1 amide bonds. The van der Waals surface area contributed by atoms with E-state index in [1.807, 2.05) is 91.0 Å². The van der Waals surface area contributed by atoms with Crippen molar-refractivity contribution in [2.24, 2.45) is 0 Å². The van der Waals surface area contributed by atoms with Crippen LogP contribution in [0.5, 0.6) is 5.75 Å². The highest BCUT2D eigenvalue weighted by molar-refractivity contribution is 5.94. The lowest BCUT2D eigenvalue weighted by Crippen LogP contribution is -2.30. The van der Waals surface area contributed by atoms with Crippen molar-refractivity contribution in [1.29, 1.82) is 0 Å². The lowest BCUT2D eigenvalue weighted by molar-refractivity contribution is 0.0938. The number of amides is 1. The zero-order chi connectivity index (χ0) is 26.0. The predicted molar refractivity (Wildman–Crippen MR) is 146 cm³/mol. The topological polar surface area (TPSA) is 68.5 Å². The smallest absolute Gasteiger partial charge is 0.270 e. The molecule has 5 aromatic rings. The summed E-state index contributed by atoms with van der Waals surface area (Å²) in [6.07, 6.45) is 0. The molecular weight excluding hydrogens is 460 g/mol. The van der Waals surface area contributed by atoms with Gasteiger partial charge in [0, 0.05) is 17.0 Å². The molecule has 1 N–H and O–H groups in total. The number of nitrogens with zero attached hydrogens (tertiary/aromatic N) is 3. The van der Waals surface area contributed by atoms with E-state index in [1.165, 1.54) is 0 Å². The molecule has 0 aliphatic heterocycles. The van der Waals surface area contributed by atoms with E-state index >= 15 is 0 Å². The van der Waals surface area contributed by atoms with E-state index in [1.54, 1.807) is 17.7 Å². The van der Waals surface area contributed by atoms with Crippen molar-refractivity contribution >= 4 is 11.6 Å². The summed E-state index contributed by atoms with van der Waals surface area (Å²) in [6.45, 7) is 6.33. The van der Waals surface area contributed by atoms with Crippen molar-refractivity contribution < 1.29 is 9.53 Å². The minimum absolute atomic E-state index is 0.173. The van der Waals surface area contributed by atoms with Gasteiger partial charge < -0.3 is 10.1 Å². The van der Waals surface area contributed by atoms with Crippen LogP contribution in [0.15, 0.2) is 97.1 Å². The lowest BCUT2D eigenvalue weighted by Gasteiger charge is -2.20. The van der Waals surface area contributed by atoms with E-state index in [4.69, 9.17) is 14.8 Å². The summed E-state index contributed by atoms with van der Waals surface area (Å²) in [4.78, 5) is 18.5. The van der Waals surface area contributed by atoms with Crippen molar-refractivity contribution in [2.75, 3.05) is 7.11 Å². The Balaban J connectivity index is 1.61. The summed E-state index contributed by atoms with van der Waals surface area (Å²) >= 11 is 0. The molecule has 5 rings (SSSR count). The third-order valence-electron chi connectivity index (χ3n) is 6.33. The third-order valence-corrected chi connectivity index (χ3v) is 6.33. The number of benzene rings is 3. The van der Waals surface area contributed by atoms with Crippen LogP contribution >= 0.6 is 0 Å². The average molecular weight is 491 g/mol. The molecule has 0 saturated heterocycles. The highest BCUT2D eigenvalue weighted by Gasteiger charge is 2.23. The first-order valence-corrected chi connectivity index (χ1v) is 12.3. The summed E-state index contributed by atoms with van der Waals surface area (Å²) in [5.74, 6) is 0.466. The number of methoxy groups -OCH3 is 1. The number of rotatable bonds is 6. The molecule has 0 aliphatic carbocycles. The van der Waals surface area contributed by atoms with Gasteiger partial charge in [-0.2, -0.15) is 5.10 Å². The Kier molecular flexibility index (Phi) is 6.49. The quantitative estimate of drug-likeness (QED) is 0.307. The Bertz CT molecular complexity index is 1500. The van der Waals surface area contributed by atoms with Crippen LogP contribution in [0.1, 0.15) is 54.1 Å². The Labute approximate surface area is 217 Å². The van der Waals surface area contributed by atoms with Gasteiger partial charge >= 0.3 is 0 Å². The molecule has 2 aromatic heterocycles. The molecule has 6 heteroatoms. The van der Waals surface area contributed by atoms with E-state index < -0.39 is 0 Å². The van der Waals surface area contributed by atoms with E-state index in [9.17, 15) is 4.79 Å². The fourth-order valence-corrected chi connectivity index (χ4v) is 4.30. The molecule has 37 heavy (non-hydrogen) atoms. The van der Waals surface area contributed by atoms with E-state index in [0.29, 0.717) is 11.3 Å². The highest BCUT2D eigenvalue weighted by Crippen LogP contribution is 2.29. The second-order valence-corrected chi connectivity index (χ2v) is 10.0. The Morgan fingerprint density at radius 2 is 1.51 bits per heavy atom. The molecule has 0 radical (unpaired) electrons. The number of nitrogens with one attached hydrogen (secondary N) is 1. The summed E-state index contributed by atoms with van der Waals surface area (Å²) < 4.78 is 7.26. The Morgan fingerprint density at radius 1 is 0.865 bits per heavy atom. The number of carbonyl (C=O) groups excluding carboxylic acids is 1. The van der Waals surface area contributed by atoms with Crippen molar-refractivity contribution in [3.8, 4) is 17.0 Å². The largest absolute Gasteiger partial charge is 0.497 e. The second-order valence-electron chi connectivity index (χ2n) is 10.0. The van der Waals surface area contributed by atoms with Gasteiger partial charge in [0.2, 0.25) is 0 Å². The summed E-state index contributed by atoms with van der Waals surface area (Å²) in [5.41, 5.74) is 5.30. The lowest BCUT2D eigenvalue weighted by atomic mass is 9.93. The van der Waals surface area contributed by atoms with Crippen LogP contribution in [-0.4, -0.2) is 27.6 Å². The molecule has 3 aromatic carbocycles. The maximum absolute atomic E-state index is 13.7. The molecule has 0 bridgehead atoms. The van der Waals surface area contributed by atoms with Gasteiger partial charge in [-0.15, -0.1) is 0 Å². The number of carbonyl (C=O) groups is 1. The van der Waals surface area contributed by atoms with Crippen LogP contribution < -0.4 is 10.1 Å². The first kappa shape index (κ1) is 24.3. The molecule has 186 valence electrons. The minimum atomic E-state index is -0.316. The van der Waals surface area contributed by atoms with Gasteiger partial charge in [-0.1, -0.05) is 93.6 Å². The standard InChI is InChI=1S/C31H30N4O2/c1-31(2,3)27-20-28-32-25(19-26(35(28)34-27)23-16-11-17-24(18-23)37-4)30(36)33-29(21-12-7-5-8-13-21)22-14-9-6-10-15-22/h5-20,29H,1-4H3,(H,33,36). The van der Waals surface area contributed by atoms with Gasteiger partial charge in [-0.3, -0.25) is 4.79 Å². The SMILES string of the molecule is COc1cccc(-c2cc(C(=O)NC(c3ccccc3)c3ccccc3)nc3cc(C(C)(C)C)nn23)c1. The predicted octanol–water partition coefficient (Wildman–Crippen LogP) is 6.22. The van der Waals surface area contributed by atoms with Crippen molar-refractivity contribution in [3.63, 3.8) is 0 Å². The van der Waals surface area contributed by atoms with Gasteiger partial charge in [0.1, 0.15) is 11.4 Å². The fraction of sp³-hybridized carbons (Fsp3) is 0.194. The maximum Gasteiger partial charge on any atom is 0.270 e. The molecule has 0 atom stereocenters. The van der Waals surface area contributed by atoms with Crippen LogP contribution in [0.2, 0.25) is 0 Å². The van der Waals surface area contributed by atoms with Gasteiger partial charge in [0.05, 0.1) is 24.5 Å². The molecule has 0 spiro atoms. The van der Waals surface area contributed by atoms with Crippen molar-refractivity contribution in [3.05, 3.63) is 120 Å². The number of ether oxygens (including phenoxy) is 1. The Morgan fingerprint density at radius 3 is 2.11 bits per heavy atom. The molecule has 0 aliphatic rings.